The number of nitrogens with zero attached hydrogens (tertiary/aromatic N) is 3. The number of hydrogen-bond donors (Lipinski definition) is 1. The van der Waals surface area contributed by atoms with E-state index in [-0.39, 0.29) is 0 Å². The molecule has 19 heavy (non-hydrogen) atoms. The van der Waals surface area contributed by atoms with Crippen LogP contribution in [0.2, 0.25) is 0 Å². The lowest BCUT2D eigenvalue weighted by Gasteiger charge is -2.32. The van der Waals surface area contributed by atoms with E-state index in [4.69, 9.17) is 5.73 Å². The van der Waals surface area contributed by atoms with E-state index in [1.54, 1.807) is 6.20 Å². The fraction of sp³-hybridized carbons (Fsp3) is 0.467. The summed E-state index contributed by atoms with van der Waals surface area (Å²) in [6.45, 7) is 5.28. The smallest absolute Gasteiger partial charge is 0.122 e. The largest absolute Gasteiger partial charge is 0.384 e. The number of aromatic nitrogens is 3. The maximum absolute atomic E-state index is 6.06. The Morgan fingerprint density at radius 1 is 1.42 bits per heavy atom. The van der Waals surface area contributed by atoms with Crippen LogP contribution in [-0.2, 0) is 6.54 Å². The van der Waals surface area contributed by atoms with Crippen molar-refractivity contribution >= 4 is 5.82 Å². The van der Waals surface area contributed by atoms with Crippen molar-refractivity contribution in [3.63, 3.8) is 0 Å². The molecule has 0 aromatic carbocycles. The van der Waals surface area contributed by atoms with Crippen molar-refractivity contribution in [3.05, 3.63) is 30.0 Å². The van der Waals surface area contributed by atoms with Crippen LogP contribution in [0.3, 0.4) is 0 Å². The van der Waals surface area contributed by atoms with Crippen LogP contribution >= 0.6 is 0 Å². The monoisotopic (exact) mass is 256 g/mol. The van der Waals surface area contributed by atoms with Crippen molar-refractivity contribution in [2.45, 2.75) is 33.2 Å². The lowest BCUT2D eigenvalue weighted by molar-refractivity contribution is 0.183. The maximum atomic E-state index is 6.06. The molecule has 0 spiro atoms. The highest BCUT2D eigenvalue weighted by Gasteiger charge is 2.26. The van der Waals surface area contributed by atoms with Crippen LogP contribution in [0.15, 0.2) is 24.4 Å². The molecule has 3 rings (SSSR count). The van der Waals surface area contributed by atoms with E-state index in [0.717, 1.165) is 41.1 Å². The van der Waals surface area contributed by atoms with Gasteiger partial charge in [-0.25, -0.2) is 4.68 Å². The highest BCUT2D eigenvalue weighted by Crippen LogP contribution is 2.34. The lowest BCUT2D eigenvalue weighted by Crippen LogP contribution is -2.26. The summed E-state index contributed by atoms with van der Waals surface area (Å²) in [5.41, 5.74) is 9.00. The molecule has 1 aliphatic rings. The second-order valence-electron chi connectivity index (χ2n) is 5.75. The van der Waals surface area contributed by atoms with Gasteiger partial charge in [-0.15, -0.1) is 0 Å². The third kappa shape index (κ3) is 2.35. The second kappa shape index (κ2) is 4.68. The molecular formula is C15H20N4. The van der Waals surface area contributed by atoms with Gasteiger partial charge in [0, 0.05) is 18.8 Å². The Bertz CT molecular complexity index is 582. The molecule has 0 radical (unpaired) electrons. The Morgan fingerprint density at radius 3 is 2.89 bits per heavy atom. The first kappa shape index (κ1) is 12.2. The molecule has 1 aliphatic carbocycles. The molecule has 0 saturated heterocycles. The van der Waals surface area contributed by atoms with Crippen molar-refractivity contribution in [2.75, 3.05) is 5.73 Å². The van der Waals surface area contributed by atoms with Crippen molar-refractivity contribution in [3.8, 4) is 11.4 Å². The van der Waals surface area contributed by atoms with E-state index in [9.17, 15) is 0 Å². The van der Waals surface area contributed by atoms with Crippen LogP contribution in [0.25, 0.3) is 11.4 Å². The van der Waals surface area contributed by atoms with Gasteiger partial charge < -0.3 is 5.73 Å². The summed E-state index contributed by atoms with van der Waals surface area (Å²) in [6.07, 6.45) is 4.37. The summed E-state index contributed by atoms with van der Waals surface area (Å²) in [7, 11) is 0. The molecule has 4 nitrogen and oxygen atoms in total. The van der Waals surface area contributed by atoms with Crippen LogP contribution in [-0.4, -0.2) is 14.8 Å². The van der Waals surface area contributed by atoms with E-state index in [1.807, 2.05) is 29.8 Å². The number of aryl methyl sites for hydroxylation is 1. The summed E-state index contributed by atoms with van der Waals surface area (Å²) in [5.74, 6) is 2.33. The number of pyridine rings is 1. The minimum absolute atomic E-state index is 0.731. The Hall–Kier alpha value is -1.84. The molecule has 0 bridgehead atoms. The summed E-state index contributed by atoms with van der Waals surface area (Å²) in [4.78, 5) is 4.40. The molecule has 0 unspecified atom stereocenters. The molecule has 100 valence electrons. The first-order chi connectivity index (χ1) is 9.13. The SMILES string of the molecule is Cc1cccnc1-c1cc(N)n(CC2CC(C)C2)n1. The van der Waals surface area contributed by atoms with E-state index in [2.05, 4.69) is 17.0 Å². The summed E-state index contributed by atoms with van der Waals surface area (Å²) in [5, 5.41) is 4.62. The average Bonchev–Trinajstić information content (AvgIpc) is 2.69. The number of nitrogen functional groups attached to an aromatic ring is 1. The van der Waals surface area contributed by atoms with Gasteiger partial charge >= 0.3 is 0 Å². The van der Waals surface area contributed by atoms with Crippen LogP contribution < -0.4 is 5.73 Å². The summed E-state index contributed by atoms with van der Waals surface area (Å²) in [6, 6.07) is 5.91. The highest BCUT2D eigenvalue weighted by atomic mass is 15.3. The standard InChI is InChI=1S/C15H20N4/c1-10-6-12(7-10)9-19-14(16)8-13(18-19)15-11(2)4-3-5-17-15/h3-5,8,10,12H,6-7,9,16H2,1-2H3. The number of rotatable bonds is 3. The van der Waals surface area contributed by atoms with E-state index >= 15 is 0 Å². The summed E-state index contributed by atoms with van der Waals surface area (Å²) < 4.78 is 1.93. The predicted octanol–water partition coefficient (Wildman–Crippen LogP) is 2.88. The third-order valence-electron chi connectivity index (χ3n) is 3.97. The normalized spacial score (nSPS) is 22.2. The Morgan fingerprint density at radius 2 is 2.21 bits per heavy atom. The van der Waals surface area contributed by atoms with Gasteiger partial charge in [-0.3, -0.25) is 4.98 Å². The fourth-order valence-electron chi connectivity index (χ4n) is 2.91. The molecule has 0 atom stereocenters. The van der Waals surface area contributed by atoms with Crippen LogP contribution in [0.4, 0.5) is 5.82 Å². The molecule has 2 aromatic heterocycles. The van der Waals surface area contributed by atoms with Gasteiger partial charge in [0.2, 0.25) is 0 Å². The lowest BCUT2D eigenvalue weighted by atomic mass is 9.76. The van der Waals surface area contributed by atoms with Gasteiger partial charge in [0.05, 0.1) is 5.69 Å². The molecule has 0 aliphatic heterocycles. The molecule has 1 fully saturated rings. The first-order valence-electron chi connectivity index (χ1n) is 6.89. The van der Waals surface area contributed by atoms with Crippen LogP contribution in [0.1, 0.15) is 25.3 Å². The van der Waals surface area contributed by atoms with Crippen molar-refractivity contribution in [2.24, 2.45) is 11.8 Å². The molecule has 2 N–H and O–H groups in total. The van der Waals surface area contributed by atoms with Gasteiger partial charge in [-0.05, 0) is 43.2 Å². The molecule has 1 saturated carbocycles. The number of hydrogen-bond acceptors (Lipinski definition) is 3. The van der Waals surface area contributed by atoms with Gasteiger partial charge in [-0.2, -0.15) is 5.10 Å². The molecular weight excluding hydrogens is 236 g/mol. The minimum atomic E-state index is 0.731. The zero-order valence-corrected chi connectivity index (χ0v) is 11.5. The number of nitrogens with two attached hydrogens (primary N) is 1. The van der Waals surface area contributed by atoms with Crippen molar-refractivity contribution in [1.82, 2.24) is 14.8 Å². The van der Waals surface area contributed by atoms with Crippen LogP contribution in [0, 0.1) is 18.8 Å². The zero-order valence-electron chi connectivity index (χ0n) is 11.5. The van der Waals surface area contributed by atoms with E-state index < -0.39 is 0 Å². The minimum Gasteiger partial charge on any atom is -0.384 e. The maximum Gasteiger partial charge on any atom is 0.122 e. The second-order valence-corrected chi connectivity index (χ2v) is 5.75. The van der Waals surface area contributed by atoms with Gasteiger partial charge in [-0.1, -0.05) is 13.0 Å². The Kier molecular flexibility index (Phi) is 3.01. The topological polar surface area (TPSA) is 56.7 Å². The summed E-state index contributed by atoms with van der Waals surface area (Å²) >= 11 is 0. The Labute approximate surface area is 113 Å². The predicted molar refractivity (Wildman–Crippen MR) is 76.5 cm³/mol. The average molecular weight is 256 g/mol. The quantitative estimate of drug-likeness (QED) is 0.918. The molecule has 4 heteroatoms. The Balaban J connectivity index is 1.83. The van der Waals surface area contributed by atoms with Gasteiger partial charge in [0.1, 0.15) is 11.5 Å². The van der Waals surface area contributed by atoms with Crippen molar-refractivity contribution < 1.29 is 0 Å². The number of anilines is 1. The molecule has 0 amide bonds. The van der Waals surface area contributed by atoms with Gasteiger partial charge in [0.25, 0.3) is 0 Å². The molecule has 2 aromatic rings. The van der Waals surface area contributed by atoms with Crippen LogP contribution in [0.5, 0.6) is 0 Å². The molecule has 2 heterocycles. The highest BCUT2D eigenvalue weighted by molar-refractivity contribution is 5.61. The fourth-order valence-corrected chi connectivity index (χ4v) is 2.91. The van der Waals surface area contributed by atoms with Crippen molar-refractivity contribution in [1.29, 1.82) is 0 Å². The van der Waals surface area contributed by atoms with E-state index in [1.165, 1.54) is 12.8 Å². The van der Waals surface area contributed by atoms with Gasteiger partial charge in [0.15, 0.2) is 0 Å². The third-order valence-corrected chi connectivity index (χ3v) is 3.97. The zero-order chi connectivity index (χ0) is 13.4. The van der Waals surface area contributed by atoms with E-state index in [0.29, 0.717) is 0 Å². The first-order valence-corrected chi connectivity index (χ1v) is 6.89.